The average Bonchev–Trinajstić information content (AvgIpc) is 3.17. The maximum Gasteiger partial charge on any atom is 0.270 e. The molecule has 126 valence electrons. The molecule has 0 radical (unpaired) electrons. The third-order valence-electron chi connectivity index (χ3n) is 4.83. The van der Waals surface area contributed by atoms with Gasteiger partial charge >= 0.3 is 0 Å². The SMILES string of the molecule is Cc1nc(C(=O)N[C@]2(c3ccc(C(C)C)cc3)C[C@H]2C)cc(=O)[nH]1. The zero-order valence-corrected chi connectivity index (χ0v) is 14.5. The predicted molar refractivity (Wildman–Crippen MR) is 93.1 cm³/mol. The molecular formula is C19H23N3O2. The van der Waals surface area contributed by atoms with E-state index in [-0.39, 0.29) is 22.7 Å². The zero-order valence-electron chi connectivity index (χ0n) is 14.5. The van der Waals surface area contributed by atoms with Crippen molar-refractivity contribution in [2.75, 3.05) is 0 Å². The van der Waals surface area contributed by atoms with Crippen molar-refractivity contribution in [1.82, 2.24) is 15.3 Å². The monoisotopic (exact) mass is 325 g/mol. The number of aromatic amines is 1. The van der Waals surface area contributed by atoms with Gasteiger partial charge in [-0.2, -0.15) is 0 Å². The van der Waals surface area contributed by atoms with Crippen LogP contribution < -0.4 is 10.9 Å². The van der Waals surface area contributed by atoms with Crippen LogP contribution >= 0.6 is 0 Å². The molecule has 1 amide bonds. The number of carbonyl (C=O) groups is 1. The highest BCUT2D eigenvalue weighted by atomic mass is 16.2. The van der Waals surface area contributed by atoms with E-state index < -0.39 is 0 Å². The molecule has 0 bridgehead atoms. The number of nitrogens with zero attached hydrogens (tertiary/aromatic N) is 1. The number of hydrogen-bond donors (Lipinski definition) is 2. The van der Waals surface area contributed by atoms with E-state index in [1.54, 1.807) is 6.92 Å². The van der Waals surface area contributed by atoms with Crippen LogP contribution in [0.25, 0.3) is 0 Å². The summed E-state index contributed by atoms with van der Waals surface area (Å²) in [6, 6.07) is 9.67. The Morgan fingerprint density at radius 2 is 1.96 bits per heavy atom. The van der Waals surface area contributed by atoms with Crippen LogP contribution in [0.5, 0.6) is 0 Å². The van der Waals surface area contributed by atoms with E-state index in [2.05, 4.69) is 60.3 Å². The Morgan fingerprint density at radius 1 is 1.33 bits per heavy atom. The molecule has 0 spiro atoms. The number of H-pyrrole nitrogens is 1. The van der Waals surface area contributed by atoms with Gasteiger partial charge in [0.25, 0.3) is 11.5 Å². The zero-order chi connectivity index (χ0) is 17.5. The van der Waals surface area contributed by atoms with Gasteiger partial charge in [-0.25, -0.2) is 4.98 Å². The Morgan fingerprint density at radius 3 is 2.46 bits per heavy atom. The lowest BCUT2D eigenvalue weighted by molar-refractivity contribution is 0.0921. The molecule has 1 aliphatic rings. The van der Waals surface area contributed by atoms with Gasteiger partial charge in [0.15, 0.2) is 0 Å². The van der Waals surface area contributed by atoms with E-state index in [1.165, 1.54) is 11.6 Å². The third kappa shape index (κ3) is 2.98. The number of amides is 1. The summed E-state index contributed by atoms with van der Waals surface area (Å²) in [6.07, 6.45) is 0.891. The number of rotatable bonds is 4. The second-order valence-electron chi connectivity index (χ2n) is 7.02. The molecule has 0 unspecified atom stereocenters. The van der Waals surface area contributed by atoms with Crippen molar-refractivity contribution in [3.63, 3.8) is 0 Å². The van der Waals surface area contributed by atoms with Gasteiger partial charge in [0, 0.05) is 6.07 Å². The lowest BCUT2D eigenvalue weighted by Crippen LogP contribution is -2.37. The number of hydrogen-bond acceptors (Lipinski definition) is 3. The number of aryl methyl sites for hydroxylation is 1. The number of carbonyl (C=O) groups excluding carboxylic acids is 1. The second kappa shape index (κ2) is 5.89. The van der Waals surface area contributed by atoms with Crippen molar-refractivity contribution < 1.29 is 4.79 Å². The van der Waals surface area contributed by atoms with Gasteiger partial charge < -0.3 is 10.3 Å². The summed E-state index contributed by atoms with van der Waals surface area (Å²) in [7, 11) is 0. The first-order chi connectivity index (χ1) is 11.3. The van der Waals surface area contributed by atoms with Crippen LogP contribution in [-0.4, -0.2) is 15.9 Å². The first kappa shape index (κ1) is 16.4. The standard InChI is InChI=1S/C19H23N3O2/c1-11(2)14-5-7-15(8-6-14)19(10-12(19)3)22-18(24)16-9-17(23)21-13(4)20-16/h5-9,11-12H,10H2,1-4H3,(H,22,24)(H,20,21,23)/t12-,19-/m1/s1. The molecule has 0 aliphatic heterocycles. The molecule has 1 aromatic heterocycles. The van der Waals surface area contributed by atoms with Crippen molar-refractivity contribution in [2.45, 2.75) is 45.6 Å². The van der Waals surface area contributed by atoms with E-state index in [9.17, 15) is 9.59 Å². The normalized spacial score (nSPS) is 22.5. The van der Waals surface area contributed by atoms with Crippen molar-refractivity contribution in [3.8, 4) is 0 Å². The minimum absolute atomic E-state index is 0.161. The number of aromatic nitrogens is 2. The summed E-state index contributed by atoms with van der Waals surface area (Å²) in [5, 5.41) is 3.10. The van der Waals surface area contributed by atoms with Crippen LogP contribution in [-0.2, 0) is 5.54 Å². The molecule has 1 aromatic carbocycles. The Labute approximate surface area is 141 Å². The van der Waals surface area contributed by atoms with E-state index >= 15 is 0 Å². The van der Waals surface area contributed by atoms with Gasteiger partial charge in [-0.3, -0.25) is 9.59 Å². The first-order valence-corrected chi connectivity index (χ1v) is 8.33. The number of nitrogens with one attached hydrogen (secondary N) is 2. The fourth-order valence-corrected chi connectivity index (χ4v) is 3.20. The fraction of sp³-hybridized carbons (Fsp3) is 0.421. The molecule has 0 saturated heterocycles. The maximum absolute atomic E-state index is 12.6. The minimum Gasteiger partial charge on any atom is -0.341 e. The molecule has 2 aromatic rings. The highest BCUT2D eigenvalue weighted by Gasteiger charge is 2.53. The minimum atomic E-state index is -0.356. The molecular weight excluding hydrogens is 302 g/mol. The van der Waals surface area contributed by atoms with Crippen molar-refractivity contribution in [3.05, 3.63) is 63.3 Å². The van der Waals surface area contributed by atoms with Gasteiger partial charge in [0.2, 0.25) is 0 Å². The Bertz CT molecular complexity index is 823. The molecule has 5 heteroatoms. The van der Waals surface area contributed by atoms with Gasteiger partial charge in [-0.05, 0) is 36.3 Å². The summed E-state index contributed by atoms with van der Waals surface area (Å²) in [5.41, 5.74) is 1.88. The molecule has 24 heavy (non-hydrogen) atoms. The van der Waals surface area contributed by atoms with Crippen LogP contribution in [0.2, 0.25) is 0 Å². The highest BCUT2D eigenvalue weighted by Crippen LogP contribution is 2.51. The van der Waals surface area contributed by atoms with Crippen molar-refractivity contribution in [1.29, 1.82) is 0 Å². The summed E-state index contributed by atoms with van der Waals surface area (Å²) in [5.74, 6) is 0.965. The van der Waals surface area contributed by atoms with Gasteiger partial charge in [-0.15, -0.1) is 0 Å². The van der Waals surface area contributed by atoms with Gasteiger partial charge in [0.05, 0.1) is 5.54 Å². The van der Waals surface area contributed by atoms with Crippen LogP contribution in [0.3, 0.4) is 0 Å². The fourth-order valence-electron chi connectivity index (χ4n) is 3.20. The van der Waals surface area contributed by atoms with Crippen molar-refractivity contribution in [2.24, 2.45) is 5.92 Å². The predicted octanol–water partition coefficient (Wildman–Crippen LogP) is 2.87. The number of benzene rings is 1. The van der Waals surface area contributed by atoms with Crippen molar-refractivity contribution >= 4 is 5.91 Å². The van der Waals surface area contributed by atoms with Gasteiger partial charge in [-0.1, -0.05) is 45.0 Å². The highest BCUT2D eigenvalue weighted by molar-refractivity contribution is 5.93. The molecule has 2 N–H and O–H groups in total. The molecule has 1 heterocycles. The topological polar surface area (TPSA) is 74.8 Å². The molecule has 1 aliphatic carbocycles. The van der Waals surface area contributed by atoms with Crippen LogP contribution in [0.1, 0.15) is 60.5 Å². The molecule has 3 rings (SSSR count). The lowest BCUT2D eigenvalue weighted by atomic mass is 9.96. The maximum atomic E-state index is 12.6. The molecule has 1 fully saturated rings. The van der Waals surface area contributed by atoms with Crippen LogP contribution in [0.4, 0.5) is 0 Å². The molecule has 2 atom stereocenters. The summed E-state index contributed by atoms with van der Waals surface area (Å²) < 4.78 is 0. The van der Waals surface area contributed by atoms with E-state index in [4.69, 9.17) is 0 Å². The Hall–Kier alpha value is -2.43. The van der Waals surface area contributed by atoms with Crippen LogP contribution in [0.15, 0.2) is 35.1 Å². The molecule has 5 nitrogen and oxygen atoms in total. The summed E-state index contributed by atoms with van der Waals surface area (Å²) >= 11 is 0. The molecule has 1 saturated carbocycles. The van der Waals surface area contributed by atoms with E-state index in [0.29, 0.717) is 17.7 Å². The summed E-state index contributed by atoms with van der Waals surface area (Å²) in [4.78, 5) is 30.8. The average molecular weight is 325 g/mol. The first-order valence-electron chi connectivity index (χ1n) is 8.33. The Kier molecular flexibility index (Phi) is 4.03. The van der Waals surface area contributed by atoms with Gasteiger partial charge in [0.1, 0.15) is 11.5 Å². The van der Waals surface area contributed by atoms with E-state index in [0.717, 1.165) is 12.0 Å². The summed E-state index contributed by atoms with van der Waals surface area (Å²) in [6.45, 7) is 8.10. The second-order valence-corrected chi connectivity index (χ2v) is 7.02. The smallest absolute Gasteiger partial charge is 0.270 e. The van der Waals surface area contributed by atoms with E-state index in [1.807, 2.05) is 0 Å². The Balaban J connectivity index is 1.86. The largest absolute Gasteiger partial charge is 0.341 e. The van der Waals surface area contributed by atoms with Crippen LogP contribution in [0, 0.1) is 12.8 Å². The lowest BCUT2D eigenvalue weighted by Gasteiger charge is -2.20. The third-order valence-corrected chi connectivity index (χ3v) is 4.83. The quantitative estimate of drug-likeness (QED) is 0.907.